The predicted molar refractivity (Wildman–Crippen MR) is 78.0 cm³/mol. The Hall–Kier alpha value is -2.60. The van der Waals surface area contributed by atoms with Crippen LogP contribution in [0.5, 0.6) is 0 Å². The zero-order valence-corrected chi connectivity index (χ0v) is 12.2. The van der Waals surface area contributed by atoms with Crippen LogP contribution in [0.1, 0.15) is 21.7 Å². The average Bonchev–Trinajstić information content (AvgIpc) is 3.05. The lowest BCUT2D eigenvalue weighted by Crippen LogP contribution is -2.28. The number of hydrogen-bond donors (Lipinski definition) is 1. The van der Waals surface area contributed by atoms with Crippen molar-refractivity contribution in [2.24, 2.45) is 0 Å². The average molecular weight is 303 g/mol. The van der Waals surface area contributed by atoms with Gasteiger partial charge in [0.15, 0.2) is 6.61 Å². The third-order valence-electron chi connectivity index (χ3n) is 2.87. The van der Waals surface area contributed by atoms with E-state index in [-0.39, 0.29) is 19.1 Å². The van der Waals surface area contributed by atoms with Crippen molar-refractivity contribution < 1.29 is 23.5 Å². The Morgan fingerprint density at radius 2 is 1.95 bits per heavy atom. The lowest BCUT2D eigenvalue weighted by Gasteiger charge is -2.06. The van der Waals surface area contributed by atoms with E-state index in [0.717, 1.165) is 5.56 Å². The van der Waals surface area contributed by atoms with Gasteiger partial charge in [-0.15, -0.1) is 0 Å². The predicted octanol–water partition coefficient (Wildman–Crippen LogP) is 1.90. The Morgan fingerprint density at radius 1 is 1.18 bits per heavy atom. The van der Waals surface area contributed by atoms with Crippen LogP contribution in [-0.4, -0.2) is 25.6 Å². The molecule has 0 saturated carbocycles. The summed E-state index contributed by atoms with van der Waals surface area (Å²) in [5.74, 6) is -0.300. The molecule has 0 radical (unpaired) electrons. The Balaban J connectivity index is 1.75. The van der Waals surface area contributed by atoms with Gasteiger partial charge in [0.1, 0.15) is 5.76 Å². The fourth-order valence-corrected chi connectivity index (χ4v) is 1.77. The van der Waals surface area contributed by atoms with Crippen LogP contribution in [0.25, 0.3) is 0 Å². The third kappa shape index (κ3) is 4.75. The lowest BCUT2D eigenvalue weighted by atomic mass is 10.1. The summed E-state index contributed by atoms with van der Waals surface area (Å²) >= 11 is 0. The maximum Gasteiger partial charge on any atom is 0.338 e. The molecule has 0 bridgehead atoms. The van der Waals surface area contributed by atoms with E-state index in [9.17, 15) is 9.59 Å². The Labute approximate surface area is 128 Å². The molecule has 0 fully saturated rings. The van der Waals surface area contributed by atoms with Gasteiger partial charge in [-0.25, -0.2) is 4.79 Å². The SMILES string of the molecule is COCc1ccc(C(=O)OCC(=O)NCc2ccco2)cc1. The largest absolute Gasteiger partial charge is 0.467 e. The zero-order chi connectivity index (χ0) is 15.8. The first-order valence-electron chi connectivity index (χ1n) is 6.73. The van der Waals surface area contributed by atoms with Crippen LogP contribution in [0.3, 0.4) is 0 Å². The topological polar surface area (TPSA) is 77.8 Å². The Morgan fingerprint density at radius 3 is 2.59 bits per heavy atom. The molecule has 0 aliphatic heterocycles. The first kappa shape index (κ1) is 15.8. The molecule has 1 aromatic heterocycles. The summed E-state index contributed by atoms with van der Waals surface area (Å²) < 4.78 is 15.0. The number of benzene rings is 1. The van der Waals surface area contributed by atoms with Gasteiger partial charge in [0, 0.05) is 7.11 Å². The van der Waals surface area contributed by atoms with Crippen LogP contribution in [0.15, 0.2) is 47.1 Å². The highest BCUT2D eigenvalue weighted by atomic mass is 16.5. The molecule has 1 N–H and O–H groups in total. The molecular formula is C16H17NO5. The summed E-state index contributed by atoms with van der Waals surface area (Å²) in [4.78, 5) is 23.4. The van der Waals surface area contributed by atoms with E-state index in [0.29, 0.717) is 17.9 Å². The minimum atomic E-state index is -0.544. The van der Waals surface area contributed by atoms with E-state index < -0.39 is 5.97 Å². The van der Waals surface area contributed by atoms with Crippen LogP contribution in [0.2, 0.25) is 0 Å². The van der Waals surface area contributed by atoms with Crippen LogP contribution in [0, 0.1) is 0 Å². The standard InChI is InChI=1S/C16H17NO5/c1-20-10-12-4-6-13(7-5-12)16(19)22-11-15(18)17-9-14-3-2-8-21-14/h2-8H,9-11H2,1H3,(H,17,18). The van der Waals surface area contributed by atoms with E-state index >= 15 is 0 Å². The van der Waals surface area contributed by atoms with E-state index in [4.69, 9.17) is 13.9 Å². The van der Waals surface area contributed by atoms with Crippen molar-refractivity contribution in [3.05, 3.63) is 59.5 Å². The van der Waals surface area contributed by atoms with E-state index in [1.165, 1.54) is 6.26 Å². The summed E-state index contributed by atoms with van der Waals surface area (Å²) in [7, 11) is 1.60. The fraction of sp³-hybridized carbons (Fsp3) is 0.250. The first-order valence-corrected chi connectivity index (χ1v) is 6.73. The normalized spacial score (nSPS) is 10.2. The molecule has 0 saturated heterocycles. The van der Waals surface area contributed by atoms with Crippen molar-refractivity contribution in [1.29, 1.82) is 0 Å². The molecule has 0 atom stereocenters. The van der Waals surface area contributed by atoms with Crippen LogP contribution in [-0.2, 0) is 27.4 Å². The van der Waals surface area contributed by atoms with E-state index in [2.05, 4.69) is 5.32 Å². The van der Waals surface area contributed by atoms with Gasteiger partial charge in [-0.1, -0.05) is 12.1 Å². The number of carbonyl (C=O) groups is 2. The number of rotatable bonds is 7. The van der Waals surface area contributed by atoms with Gasteiger partial charge in [0.25, 0.3) is 5.91 Å². The molecule has 0 aliphatic rings. The highest BCUT2D eigenvalue weighted by Crippen LogP contribution is 2.07. The second kappa shape index (κ2) is 7.99. The van der Waals surface area contributed by atoms with Gasteiger partial charge in [-0.2, -0.15) is 0 Å². The molecule has 0 spiro atoms. The second-order valence-electron chi connectivity index (χ2n) is 4.56. The highest BCUT2D eigenvalue weighted by molar-refractivity contribution is 5.91. The number of furan rings is 1. The quantitative estimate of drug-likeness (QED) is 0.790. The molecule has 0 aliphatic carbocycles. The molecule has 116 valence electrons. The summed E-state index contributed by atoms with van der Waals surface area (Å²) in [5.41, 5.74) is 1.34. The molecule has 0 unspecified atom stereocenters. The van der Waals surface area contributed by atoms with Gasteiger partial charge in [-0.3, -0.25) is 4.79 Å². The molecule has 1 amide bonds. The van der Waals surface area contributed by atoms with Crippen molar-refractivity contribution in [2.45, 2.75) is 13.2 Å². The van der Waals surface area contributed by atoms with Gasteiger partial charge in [-0.05, 0) is 29.8 Å². The van der Waals surface area contributed by atoms with Gasteiger partial charge in [0.2, 0.25) is 0 Å². The third-order valence-corrected chi connectivity index (χ3v) is 2.87. The molecule has 6 nitrogen and oxygen atoms in total. The fourth-order valence-electron chi connectivity index (χ4n) is 1.77. The van der Waals surface area contributed by atoms with E-state index in [1.807, 2.05) is 0 Å². The van der Waals surface area contributed by atoms with Crippen molar-refractivity contribution in [2.75, 3.05) is 13.7 Å². The molecule has 2 aromatic rings. The van der Waals surface area contributed by atoms with Crippen LogP contribution >= 0.6 is 0 Å². The lowest BCUT2D eigenvalue weighted by molar-refractivity contribution is -0.124. The number of esters is 1. The summed E-state index contributed by atoms with van der Waals surface area (Å²) in [6.45, 7) is 0.402. The highest BCUT2D eigenvalue weighted by Gasteiger charge is 2.10. The van der Waals surface area contributed by atoms with Crippen molar-refractivity contribution in [1.82, 2.24) is 5.32 Å². The summed E-state index contributed by atoms with van der Waals surface area (Å²) in [6.07, 6.45) is 1.52. The molecule has 6 heteroatoms. The van der Waals surface area contributed by atoms with Crippen molar-refractivity contribution >= 4 is 11.9 Å². The first-order chi connectivity index (χ1) is 10.7. The number of amides is 1. The number of hydrogen-bond acceptors (Lipinski definition) is 5. The summed E-state index contributed by atoms with van der Waals surface area (Å²) in [5, 5.41) is 2.59. The zero-order valence-electron chi connectivity index (χ0n) is 12.2. The Bertz CT molecular complexity index is 604. The number of nitrogens with one attached hydrogen (secondary N) is 1. The van der Waals surface area contributed by atoms with Crippen molar-refractivity contribution in [3.63, 3.8) is 0 Å². The van der Waals surface area contributed by atoms with Gasteiger partial charge < -0.3 is 19.2 Å². The van der Waals surface area contributed by atoms with Crippen LogP contribution in [0.4, 0.5) is 0 Å². The number of ether oxygens (including phenoxy) is 2. The molecule has 22 heavy (non-hydrogen) atoms. The second-order valence-corrected chi connectivity index (χ2v) is 4.56. The van der Waals surface area contributed by atoms with Gasteiger partial charge in [0.05, 0.1) is 25.0 Å². The summed E-state index contributed by atoms with van der Waals surface area (Å²) in [6, 6.07) is 10.3. The number of methoxy groups -OCH3 is 1. The van der Waals surface area contributed by atoms with Gasteiger partial charge >= 0.3 is 5.97 Å². The Kier molecular flexibility index (Phi) is 5.73. The van der Waals surface area contributed by atoms with Crippen molar-refractivity contribution in [3.8, 4) is 0 Å². The molecule has 1 aromatic carbocycles. The monoisotopic (exact) mass is 303 g/mol. The number of carbonyl (C=O) groups excluding carboxylic acids is 2. The molecular weight excluding hydrogens is 286 g/mol. The van der Waals surface area contributed by atoms with Crippen LogP contribution < -0.4 is 5.32 Å². The smallest absolute Gasteiger partial charge is 0.338 e. The maximum atomic E-state index is 11.8. The minimum absolute atomic E-state index is 0.259. The molecule has 1 heterocycles. The molecule has 2 rings (SSSR count). The van der Waals surface area contributed by atoms with E-state index in [1.54, 1.807) is 43.5 Å². The maximum absolute atomic E-state index is 11.8. The minimum Gasteiger partial charge on any atom is -0.467 e.